The van der Waals surface area contributed by atoms with Crippen LogP contribution in [0.5, 0.6) is 0 Å². The highest BCUT2D eigenvalue weighted by Gasteiger charge is 2.26. The van der Waals surface area contributed by atoms with Crippen LogP contribution < -0.4 is 4.72 Å². The molecule has 0 spiro atoms. The summed E-state index contributed by atoms with van der Waals surface area (Å²) in [6, 6.07) is 19.2. The van der Waals surface area contributed by atoms with Crippen molar-refractivity contribution in [2.24, 2.45) is 0 Å². The Morgan fingerprint density at radius 1 is 0.970 bits per heavy atom. The first-order chi connectivity index (χ1) is 15.8. The van der Waals surface area contributed by atoms with Crippen LogP contribution in [0.1, 0.15) is 21.7 Å². The monoisotopic (exact) mass is 463 g/mol. The van der Waals surface area contributed by atoms with E-state index < -0.39 is 16.0 Å². The molecule has 0 fully saturated rings. The first kappa shape index (κ1) is 22.2. The minimum absolute atomic E-state index is 0.0277. The summed E-state index contributed by atoms with van der Waals surface area (Å²) < 4.78 is 35.0. The van der Waals surface area contributed by atoms with Gasteiger partial charge in [-0.3, -0.25) is 4.72 Å². The zero-order chi connectivity index (χ0) is 23.6. The van der Waals surface area contributed by atoms with Gasteiger partial charge in [0.2, 0.25) is 0 Å². The molecule has 2 aromatic heterocycles. The van der Waals surface area contributed by atoms with E-state index in [0.717, 1.165) is 5.56 Å². The molecular formula is C23H21N5O4S. The first-order valence-electron chi connectivity index (χ1n) is 9.97. The fourth-order valence-electron chi connectivity index (χ4n) is 3.48. The zero-order valence-electron chi connectivity index (χ0n) is 18.2. The maximum absolute atomic E-state index is 13.2. The molecular weight excluding hydrogens is 442 g/mol. The van der Waals surface area contributed by atoms with Crippen molar-refractivity contribution >= 4 is 21.7 Å². The van der Waals surface area contributed by atoms with E-state index in [1.165, 1.54) is 23.9 Å². The summed E-state index contributed by atoms with van der Waals surface area (Å²) in [7, 11) is -2.74. The van der Waals surface area contributed by atoms with Gasteiger partial charge in [-0.05, 0) is 44.2 Å². The molecule has 168 valence electrons. The standard InChI is InChI=1S/C23H21N5O4S/c1-15-22(33(30,31)27-19-11-7-10-18(14-19)23(29)32-3)16(2)28(26-15)21-13-12-20(24-25-21)17-8-5-4-6-9-17/h4-14,27H,1-3H3. The highest BCUT2D eigenvalue weighted by atomic mass is 32.2. The van der Waals surface area contributed by atoms with Crippen LogP contribution in [0.25, 0.3) is 17.1 Å². The number of nitrogens with one attached hydrogen (secondary N) is 1. The number of hydrogen-bond acceptors (Lipinski definition) is 7. The third kappa shape index (κ3) is 4.46. The average molecular weight is 464 g/mol. The van der Waals surface area contributed by atoms with Gasteiger partial charge in [0.25, 0.3) is 10.0 Å². The van der Waals surface area contributed by atoms with Gasteiger partial charge < -0.3 is 4.74 Å². The predicted octanol–water partition coefficient (Wildman–Crippen LogP) is 3.53. The molecule has 9 nitrogen and oxygen atoms in total. The van der Waals surface area contributed by atoms with Gasteiger partial charge in [0.15, 0.2) is 5.82 Å². The Kier molecular flexibility index (Phi) is 5.93. The fraction of sp³-hybridized carbons (Fsp3) is 0.130. The molecule has 1 N–H and O–H groups in total. The minimum atomic E-state index is -4.00. The Morgan fingerprint density at radius 3 is 2.39 bits per heavy atom. The Labute approximate surface area is 191 Å². The molecule has 0 aliphatic heterocycles. The van der Waals surface area contributed by atoms with Crippen molar-refractivity contribution in [1.82, 2.24) is 20.0 Å². The number of rotatable bonds is 6. The highest BCUT2D eigenvalue weighted by Crippen LogP contribution is 2.25. The van der Waals surface area contributed by atoms with E-state index in [2.05, 4.69) is 20.0 Å². The lowest BCUT2D eigenvalue weighted by atomic mass is 10.1. The number of carbonyl (C=O) groups excluding carboxylic acids is 1. The Hall–Kier alpha value is -4.05. The number of anilines is 1. The van der Waals surface area contributed by atoms with Gasteiger partial charge in [-0.2, -0.15) is 5.10 Å². The number of aryl methyl sites for hydroxylation is 1. The lowest BCUT2D eigenvalue weighted by Crippen LogP contribution is -2.15. The average Bonchev–Trinajstić information content (AvgIpc) is 3.13. The third-order valence-electron chi connectivity index (χ3n) is 4.97. The van der Waals surface area contributed by atoms with Crippen LogP contribution in [0.15, 0.2) is 71.6 Å². The first-order valence-corrected chi connectivity index (χ1v) is 11.5. The lowest BCUT2D eigenvalue weighted by Gasteiger charge is -2.10. The minimum Gasteiger partial charge on any atom is -0.465 e. The van der Waals surface area contributed by atoms with Crippen molar-refractivity contribution in [3.05, 3.63) is 83.7 Å². The van der Waals surface area contributed by atoms with Crippen LogP contribution in [0.4, 0.5) is 5.69 Å². The summed E-state index contributed by atoms with van der Waals surface area (Å²) in [6.45, 7) is 3.25. The lowest BCUT2D eigenvalue weighted by molar-refractivity contribution is 0.0600. The van der Waals surface area contributed by atoms with Crippen molar-refractivity contribution in [3.8, 4) is 17.1 Å². The van der Waals surface area contributed by atoms with E-state index in [4.69, 9.17) is 4.74 Å². The van der Waals surface area contributed by atoms with Crippen LogP contribution in [0, 0.1) is 13.8 Å². The van der Waals surface area contributed by atoms with Crippen molar-refractivity contribution in [2.45, 2.75) is 18.7 Å². The number of carbonyl (C=O) groups is 1. The molecule has 4 rings (SSSR count). The summed E-state index contributed by atoms with van der Waals surface area (Å²) in [6.07, 6.45) is 0. The maximum Gasteiger partial charge on any atom is 0.337 e. The van der Waals surface area contributed by atoms with Crippen LogP contribution in [0.3, 0.4) is 0 Å². The number of hydrogen-bond donors (Lipinski definition) is 1. The SMILES string of the molecule is COC(=O)c1cccc(NS(=O)(=O)c2c(C)nn(-c3ccc(-c4ccccc4)nn3)c2C)c1. The number of esters is 1. The predicted molar refractivity (Wildman–Crippen MR) is 123 cm³/mol. The summed E-state index contributed by atoms with van der Waals surface area (Å²) >= 11 is 0. The number of sulfonamides is 1. The second kappa shape index (κ2) is 8.83. The Balaban J connectivity index is 1.65. The molecule has 10 heteroatoms. The third-order valence-corrected chi connectivity index (χ3v) is 6.60. The van der Waals surface area contributed by atoms with Gasteiger partial charge in [0, 0.05) is 11.3 Å². The summed E-state index contributed by atoms with van der Waals surface area (Å²) in [5, 5.41) is 12.9. The Morgan fingerprint density at radius 2 is 1.73 bits per heavy atom. The van der Waals surface area contributed by atoms with Crippen molar-refractivity contribution in [2.75, 3.05) is 11.8 Å². The fourth-order valence-corrected chi connectivity index (χ4v) is 4.92. The molecule has 2 heterocycles. The van der Waals surface area contributed by atoms with E-state index >= 15 is 0 Å². The van der Waals surface area contributed by atoms with Crippen LogP contribution in [0.2, 0.25) is 0 Å². The topological polar surface area (TPSA) is 116 Å². The largest absolute Gasteiger partial charge is 0.465 e. The zero-order valence-corrected chi connectivity index (χ0v) is 19.0. The Bertz CT molecular complexity index is 1420. The number of aromatic nitrogens is 4. The quantitative estimate of drug-likeness (QED) is 0.435. The van der Waals surface area contributed by atoms with Gasteiger partial charge in [0.1, 0.15) is 4.90 Å². The normalized spacial score (nSPS) is 11.2. The van der Waals surface area contributed by atoms with Gasteiger partial charge in [0.05, 0.1) is 29.8 Å². The second-order valence-electron chi connectivity index (χ2n) is 7.23. The van der Waals surface area contributed by atoms with Crippen LogP contribution in [-0.2, 0) is 14.8 Å². The molecule has 0 bridgehead atoms. The number of benzene rings is 2. The number of ether oxygens (including phenoxy) is 1. The number of nitrogens with zero attached hydrogens (tertiary/aromatic N) is 4. The summed E-state index contributed by atoms with van der Waals surface area (Å²) in [4.78, 5) is 11.8. The smallest absolute Gasteiger partial charge is 0.337 e. The molecule has 0 amide bonds. The molecule has 33 heavy (non-hydrogen) atoms. The van der Waals surface area contributed by atoms with Crippen LogP contribution >= 0.6 is 0 Å². The molecule has 4 aromatic rings. The second-order valence-corrected chi connectivity index (χ2v) is 8.85. The molecule has 0 saturated carbocycles. The van der Waals surface area contributed by atoms with Gasteiger partial charge in [-0.1, -0.05) is 36.4 Å². The molecule has 0 aliphatic rings. The molecule has 0 atom stereocenters. The van der Waals surface area contributed by atoms with E-state index in [9.17, 15) is 13.2 Å². The summed E-state index contributed by atoms with van der Waals surface area (Å²) in [5.74, 6) is -0.168. The molecule has 0 aliphatic carbocycles. The molecule has 0 unspecified atom stereocenters. The van der Waals surface area contributed by atoms with Gasteiger partial charge in [-0.15, -0.1) is 10.2 Å². The molecule has 2 aromatic carbocycles. The highest BCUT2D eigenvalue weighted by molar-refractivity contribution is 7.92. The van der Waals surface area contributed by atoms with E-state index in [-0.39, 0.29) is 16.1 Å². The van der Waals surface area contributed by atoms with Crippen molar-refractivity contribution < 1.29 is 17.9 Å². The van der Waals surface area contributed by atoms with Crippen molar-refractivity contribution in [1.29, 1.82) is 0 Å². The molecule has 0 saturated heterocycles. The van der Waals surface area contributed by atoms with Gasteiger partial charge >= 0.3 is 5.97 Å². The summed E-state index contributed by atoms with van der Waals surface area (Å²) in [5.41, 5.74) is 2.77. The maximum atomic E-state index is 13.2. The van der Waals surface area contributed by atoms with E-state index in [1.54, 1.807) is 38.1 Å². The molecule has 0 radical (unpaired) electrons. The van der Waals surface area contributed by atoms with Crippen molar-refractivity contribution in [3.63, 3.8) is 0 Å². The van der Waals surface area contributed by atoms with E-state index in [0.29, 0.717) is 22.9 Å². The number of methoxy groups -OCH3 is 1. The van der Waals surface area contributed by atoms with Gasteiger partial charge in [-0.25, -0.2) is 17.9 Å². The van der Waals surface area contributed by atoms with E-state index in [1.807, 2.05) is 30.3 Å². The van der Waals surface area contributed by atoms with Crippen LogP contribution in [-0.4, -0.2) is 41.5 Å².